The summed E-state index contributed by atoms with van der Waals surface area (Å²) in [5.41, 5.74) is 5.58. The molecule has 0 saturated heterocycles. The Hall–Kier alpha value is -3.45. The summed E-state index contributed by atoms with van der Waals surface area (Å²) < 4.78 is 5.71. The van der Waals surface area contributed by atoms with E-state index >= 15 is 0 Å². The monoisotopic (exact) mass is 306 g/mol. The van der Waals surface area contributed by atoms with Gasteiger partial charge in [0.25, 0.3) is 0 Å². The lowest BCUT2D eigenvalue weighted by Crippen LogP contribution is -2.01. The van der Waals surface area contributed by atoms with E-state index in [2.05, 4.69) is 20.5 Å². The standard InChI is InChI=1S/C16H14N6O/c1-11-5-13(21-22-14(6-17)7-18)3-4-16(11)23-10-15-9-19-12(2)8-20-15/h3-5,8-9,21H,10H2,1-2H3. The first-order valence-corrected chi connectivity index (χ1v) is 6.77. The first-order chi connectivity index (χ1) is 11.1. The molecule has 1 heterocycles. The quantitative estimate of drug-likeness (QED) is 0.671. The topological polar surface area (TPSA) is 107 Å². The molecule has 23 heavy (non-hydrogen) atoms. The van der Waals surface area contributed by atoms with Crippen LogP contribution < -0.4 is 10.2 Å². The predicted octanol–water partition coefficient (Wildman–Crippen LogP) is 2.49. The first kappa shape index (κ1) is 15.9. The summed E-state index contributed by atoms with van der Waals surface area (Å²) >= 11 is 0. The fourth-order valence-electron chi connectivity index (χ4n) is 1.72. The second kappa shape index (κ2) is 7.53. The Morgan fingerprint density at radius 2 is 2.00 bits per heavy atom. The number of nitriles is 2. The predicted molar refractivity (Wildman–Crippen MR) is 84.6 cm³/mol. The van der Waals surface area contributed by atoms with Crippen LogP contribution in [0.3, 0.4) is 0 Å². The molecule has 0 aliphatic carbocycles. The van der Waals surface area contributed by atoms with Gasteiger partial charge in [0.1, 0.15) is 24.5 Å². The summed E-state index contributed by atoms with van der Waals surface area (Å²) in [6.45, 7) is 4.09. The minimum atomic E-state index is -0.235. The number of aromatic nitrogens is 2. The molecule has 0 saturated carbocycles. The van der Waals surface area contributed by atoms with Gasteiger partial charge < -0.3 is 4.74 Å². The Morgan fingerprint density at radius 3 is 2.61 bits per heavy atom. The van der Waals surface area contributed by atoms with E-state index in [0.717, 1.165) is 17.0 Å². The molecule has 1 aromatic heterocycles. The van der Waals surface area contributed by atoms with Crippen molar-refractivity contribution in [3.8, 4) is 17.9 Å². The molecular formula is C16H14N6O. The Labute approximate surface area is 133 Å². The van der Waals surface area contributed by atoms with Crippen molar-refractivity contribution >= 4 is 11.4 Å². The van der Waals surface area contributed by atoms with Crippen LogP contribution >= 0.6 is 0 Å². The third-order valence-corrected chi connectivity index (χ3v) is 2.89. The molecule has 0 aliphatic rings. The molecule has 114 valence electrons. The SMILES string of the molecule is Cc1cnc(COc2ccc(NN=C(C#N)C#N)cc2C)cn1. The van der Waals surface area contributed by atoms with Crippen molar-refractivity contribution in [2.45, 2.75) is 20.5 Å². The van der Waals surface area contributed by atoms with Crippen LogP contribution in [-0.2, 0) is 6.61 Å². The first-order valence-electron chi connectivity index (χ1n) is 6.77. The zero-order valence-electron chi connectivity index (χ0n) is 12.7. The van der Waals surface area contributed by atoms with Gasteiger partial charge in [0.2, 0.25) is 5.71 Å². The summed E-state index contributed by atoms with van der Waals surface area (Å²) in [5.74, 6) is 0.711. The number of hydrazone groups is 1. The van der Waals surface area contributed by atoms with Gasteiger partial charge in [0, 0.05) is 6.20 Å². The Kier molecular flexibility index (Phi) is 5.21. The summed E-state index contributed by atoms with van der Waals surface area (Å²) in [5, 5.41) is 20.9. The van der Waals surface area contributed by atoms with Crippen LogP contribution in [0.2, 0.25) is 0 Å². The van der Waals surface area contributed by atoms with Crippen molar-refractivity contribution in [2.75, 3.05) is 5.43 Å². The van der Waals surface area contributed by atoms with Gasteiger partial charge in [-0.25, -0.2) is 0 Å². The van der Waals surface area contributed by atoms with Crippen LogP contribution in [0, 0.1) is 36.5 Å². The number of hydrogen-bond acceptors (Lipinski definition) is 7. The van der Waals surface area contributed by atoms with Gasteiger partial charge in [0.15, 0.2) is 0 Å². The summed E-state index contributed by atoms with van der Waals surface area (Å²) in [6, 6.07) is 8.70. The smallest absolute Gasteiger partial charge is 0.237 e. The van der Waals surface area contributed by atoms with Crippen molar-refractivity contribution in [3.05, 3.63) is 47.5 Å². The van der Waals surface area contributed by atoms with Crippen LogP contribution in [-0.4, -0.2) is 15.7 Å². The fourth-order valence-corrected chi connectivity index (χ4v) is 1.72. The maximum Gasteiger partial charge on any atom is 0.237 e. The highest BCUT2D eigenvalue weighted by Crippen LogP contribution is 2.22. The lowest BCUT2D eigenvalue weighted by atomic mass is 10.2. The molecule has 0 atom stereocenters. The van der Waals surface area contributed by atoms with Gasteiger partial charge in [-0.15, -0.1) is 0 Å². The zero-order valence-corrected chi connectivity index (χ0v) is 12.7. The zero-order chi connectivity index (χ0) is 16.7. The van der Waals surface area contributed by atoms with Crippen LogP contribution in [0.4, 0.5) is 5.69 Å². The van der Waals surface area contributed by atoms with E-state index in [4.69, 9.17) is 15.3 Å². The Morgan fingerprint density at radius 1 is 1.22 bits per heavy atom. The van der Waals surface area contributed by atoms with Gasteiger partial charge in [-0.3, -0.25) is 15.4 Å². The minimum absolute atomic E-state index is 0.235. The van der Waals surface area contributed by atoms with Crippen LogP contribution in [0.1, 0.15) is 17.0 Å². The summed E-state index contributed by atoms with van der Waals surface area (Å²) in [4.78, 5) is 8.39. The lowest BCUT2D eigenvalue weighted by Gasteiger charge is -2.10. The number of nitrogens with one attached hydrogen (secondary N) is 1. The van der Waals surface area contributed by atoms with Crippen LogP contribution in [0.25, 0.3) is 0 Å². The van der Waals surface area contributed by atoms with E-state index < -0.39 is 0 Å². The molecule has 0 unspecified atom stereocenters. The minimum Gasteiger partial charge on any atom is -0.487 e. The highest BCUT2D eigenvalue weighted by Gasteiger charge is 2.03. The highest BCUT2D eigenvalue weighted by atomic mass is 16.5. The van der Waals surface area contributed by atoms with Gasteiger partial charge in [-0.1, -0.05) is 0 Å². The van der Waals surface area contributed by atoms with E-state index in [0.29, 0.717) is 18.0 Å². The molecule has 1 aromatic carbocycles. The molecule has 0 fully saturated rings. The third-order valence-electron chi connectivity index (χ3n) is 2.89. The largest absolute Gasteiger partial charge is 0.487 e. The number of hydrogen-bond donors (Lipinski definition) is 1. The molecule has 7 nitrogen and oxygen atoms in total. The van der Waals surface area contributed by atoms with Gasteiger partial charge in [-0.2, -0.15) is 15.6 Å². The van der Waals surface area contributed by atoms with Crippen molar-refractivity contribution in [2.24, 2.45) is 5.10 Å². The summed E-state index contributed by atoms with van der Waals surface area (Å²) in [6.07, 6.45) is 3.37. The maximum atomic E-state index is 8.62. The average molecular weight is 306 g/mol. The number of rotatable bonds is 5. The van der Waals surface area contributed by atoms with Gasteiger partial charge in [-0.05, 0) is 37.6 Å². The second-order valence-corrected chi connectivity index (χ2v) is 4.71. The van der Waals surface area contributed by atoms with Crippen molar-refractivity contribution in [3.63, 3.8) is 0 Å². The molecule has 1 N–H and O–H groups in total. The number of ether oxygens (including phenoxy) is 1. The fraction of sp³-hybridized carbons (Fsp3) is 0.188. The van der Waals surface area contributed by atoms with E-state index in [1.54, 1.807) is 36.7 Å². The number of nitrogens with zero attached hydrogens (tertiary/aromatic N) is 5. The molecule has 2 rings (SSSR count). The molecule has 0 radical (unpaired) electrons. The Balaban J connectivity index is 2.02. The highest BCUT2D eigenvalue weighted by molar-refractivity contribution is 6.10. The van der Waals surface area contributed by atoms with E-state index in [1.165, 1.54) is 0 Å². The number of anilines is 1. The molecule has 0 bridgehead atoms. The molecule has 0 amide bonds. The lowest BCUT2D eigenvalue weighted by molar-refractivity contribution is 0.298. The van der Waals surface area contributed by atoms with Crippen molar-refractivity contribution < 1.29 is 4.74 Å². The molecule has 0 spiro atoms. The second-order valence-electron chi connectivity index (χ2n) is 4.71. The molecular weight excluding hydrogens is 292 g/mol. The van der Waals surface area contributed by atoms with E-state index in [-0.39, 0.29) is 5.71 Å². The third kappa shape index (κ3) is 4.51. The summed E-state index contributed by atoms with van der Waals surface area (Å²) in [7, 11) is 0. The average Bonchev–Trinajstić information content (AvgIpc) is 2.56. The van der Waals surface area contributed by atoms with Gasteiger partial charge >= 0.3 is 0 Å². The Bertz CT molecular complexity index is 783. The van der Waals surface area contributed by atoms with E-state index in [9.17, 15) is 0 Å². The normalized spacial score (nSPS) is 9.39. The van der Waals surface area contributed by atoms with E-state index in [1.807, 2.05) is 19.9 Å². The molecule has 2 aromatic rings. The van der Waals surface area contributed by atoms with Crippen LogP contribution in [0.5, 0.6) is 5.75 Å². The number of aryl methyl sites for hydroxylation is 2. The number of benzene rings is 1. The molecule has 7 heteroatoms. The molecule has 0 aliphatic heterocycles. The van der Waals surface area contributed by atoms with Crippen molar-refractivity contribution in [1.29, 1.82) is 10.5 Å². The van der Waals surface area contributed by atoms with Gasteiger partial charge in [0.05, 0.1) is 23.3 Å². The van der Waals surface area contributed by atoms with Crippen LogP contribution in [0.15, 0.2) is 35.7 Å². The van der Waals surface area contributed by atoms with Crippen molar-refractivity contribution in [1.82, 2.24) is 9.97 Å². The maximum absolute atomic E-state index is 8.62.